The van der Waals surface area contributed by atoms with E-state index in [2.05, 4.69) is 24.1 Å². The molecule has 1 aliphatic carbocycles. The quantitative estimate of drug-likeness (QED) is 0.703. The number of hydrogen-bond donors (Lipinski definition) is 1. The molecule has 20 heavy (non-hydrogen) atoms. The van der Waals surface area contributed by atoms with E-state index < -0.39 is 0 Å². The molecule has 1 saturated heterocycles. The number of unbranched alkanes of at least 4 members (excludes halogenated alkanes) is 1. The third-order valence-corrected chi connectivity index (χ3v) is 5.75. The van der Waals surface area contributed by atoms with Crippen molar-refractivity contribution in [1.82, 2.24) is 10.2 Å². The lowest BCUT2D eigenvalue weighted by molar-refractivity contribution is 0.0669. The van der Waals surface area contributed by atoms with E-state index in [1.807, 2.05) is 0 Å². The summed E-state index contributed by atoms with van der Waals surface area (Å²) in [4.78, 5) is 2.73. The van der Waals surface area contributed by atoms with E-state index in [1.165, 1.54) is 83.8 Å². The molecule has 1 atom stereocenters. The summed E-state index contributed by atoms with van der Waals surface area (Å²) in [5.41, 5.74) is 0.772. The predicted octanol–water partition coefficient (Wildman–Crippen LogP) is 4.20. The van der Waals surface area contributed by atoms with E-state index in [4.69, 9.17) is 0 Å². The van der Waals surface area contributed by atoms with Gasteiger partial charge in [-0.2, -0.15) is 0 Å². The first-order valence-electron chi connectivity index (χ1n) is 9.20. The Hall–Kier alpha value is -0.0800. The van der Waals surface area contributed by atoms with Crippen LogP contribution >= 0.6 is 0 Å². The fraction of sp³-hybridized carbons (Fsp3) is 1.00. The average Bonchev–Trinajstić information content (AvgIpc) is 2.47. The minimum atomic E-state index is 0.701. The highest BCUT2D eigenvalue weighted by Gasteiger charge is 2.35. The third kappa shape index (κ3) is 5.04. The van der Waals surface area contributed by atoms with Crippen LogP contribution in [-0.4, -0.2) is 37.1 Å². The SMILES string of the molecule is CCNC(C)CCCCN1CCC2(CCCCC2)CC1. The lowest BCUT2D eigenvalue weighted by atomic mass is 9.68. The highest BCUT2D eigenvalue weighted by molar-refractivity contribution is 4.88. The van der Waals surface area contributed by atoms with Gasteiger partial charge in [0.25, 0.3) is 0 Å². The zero-order chi connectivity index (χ0) is 14.3. The molecule has 1 N–H and O–H groups in total. The van der Waals surface area contributed by atoms with Crippen LogP contribution in [0.3, 0.4) is 0 Å². The molecule has 1 aliphatic heterocycles. The molecule has 1 saturated carbocycles. The normalized spacial score (nSPS) is 24.9. The summed E-state index contributed by atoms with van der Waals surface area (Å²) < 4.78 is 0. The van der Waals surface area contributed by atoms with E-state index in [9.17, 15) is 0 Å². The summed E-state index contributed by atoms with van der Waals surface area (Å²) in [7, 11) is 0. The second-order valence-corrected chi connectivity index (χ2v) is 7.36. The van der Waals surface area contributed by atoms with Gasteiger partial charge in [0.15, 0.2) is 0 Å². The molecule has 2 fully saturated rings. The van der Waals surface area contributed by atoms with Crippen LogP contribution in [0.5, 0.6) is 0 Å². The van der Waals surface area contributed by atoms with Crippen LogP contribution in [0.2, 0.25) is 0 Å². The van der Waals surface area contributed by atoms with Gasteiger partial charge in [0.05, 0.1) is 0 Å². The Morgan fingerprint density at radius 1 is 1.00 bits per heavy atom. The maximum Gasteiger partial charge on any atom is 0.00386 e. The Balaban J connectivity index is 1.55. The molecule has 0 aromatic heterocycles. The molecule has 0 aromatic rings. The molecule has 2 heteroatoms. The maximum atomic E-state index is 3.51. The Morgan fingerprint density at radius 3 is 2.35 bits per heavy atom. The number of nitrogens with one attached hydrogen (secondary N) is 1. The first-order valence-corrected chi connectivity index (χ1v) is 9.20. The van der Waals surface area contributed by atoms with Crippen LogP contribution < -0.4 is 5.32 Å². The first-order chi connectivity index (χ1) is 9.74. The Kier molecular flexibility index (Phi) is 6.83. The molecule has 2 rings (SSSR count). The van der Waals surface area contributed by atoms with E-state index in [0.717, 1.165) is 12.0 Å². The number of likely N-dealkylation sites (tertiary alicyclic amines) is 1. The zero-order valence-electron chi connectivity index (χ0n) is 13.9. The van der Waals surface area contributed by atoms with Crippen LogP contribution in [-0.2, 0) is 0 Å². The topological polar surface area (TPSA) is 15.3 Å². The van der Waals surface area contributed by atoms with Crippen molar-refractivity contribution < 1.29 is 0 Å². The Labute approximate surface area is 126 Å². The number of hydrogen-bond acceptors (Lipinski definition) is 2. The van der Waals surface area contributed by atoms with E-state index in [1.54, 1.807) is 0 Å². The van der Waals surface area contributed by atoms with Crippen molar-refractivity contribution in [1.29, 1.82) is 0 Å². The van der Waals surface area contributed by atoms with Gasteiger partial charge in [0, 0.05) is 6.04 Å². The molecule has 0 aromatic carbocycles. The van der Waals surface area contributed by atoms with Gasteiger partial charge in [0.1, 0.15) is 0 Å². The van der Waals surface area contributed by atoms with Crippen molar-refractivity contribution in [3.8, 4) is 0 Å². The highest BCUT2D eigenvalue weighted by atomic mass is 15.1. The van der Waals surface area contributed by atoms with Crippen molar-refractivity contribution in [3.63, 3.8) is 0 Å². The van der Waals surface area contributed by atoms with Crippen LogP contribution in [0.15, 0.2) is 0 Å². The van der Waals surface area contributed by atoms with Gasteiger partial charge >= 0.3 is 0 Å². The molecule has 0 amide bonds. The molecule has 2 nitrogen and oxygen atoms in total. The van der Waals surface area contributed by atoms with Crippen molar-refractivity contribution in [2.24, 2.45) is 5.41 Å². The fourth-order valence-electron chi connectivity index (χ4n) is 4.29. The largest absolute Gasteiger partial charge is 0.315 e. The van der Waals surface area contributed by atoms with Crippen LogP contribution in [0.4, 0.5) is 0 Å². The summed E-state index contributed by atoms with van der Waals surface area (Å²) in [6, 6.07) is 0.701. The smallest absolute Gasteiger partial charge is 0.00386 e. The highest BCUT2D eigenvalue weighted by Crippen LogP contribution is 2.44. The lowest BCUT2D eigenvalue weighted by Crippen LogP contribution is -2.41. The van der Waals surface area contributed by atoms with Crippen molar-refractivity contribution in [2.45, 2.75) is 84.1 Å². The second kappa shape index (κ2) is 8.38. The van der Waals surface area contributed by atoms with Gasteiger partial charge in [-0.15, -0.1) is 0 Å². The molecule has 0 radical (unpaired) electrons. The minimum Gasteiger partial charge on any atom is -0.315 e. The van der Waals surface area contributed by atoms with Crippen LogP contribution in [0.25, 0.3) is 0 Å². The predicted molar refractivity (Wildman–Crippen MR) is 88.2 cm³/mol. The Bertz CT molecular complexity index is 248. The summed E-state index contributed by atoms with van der Waals surface area (Å²) in [5, 5.41) is 3.51. The minimum absolute atomic E-state index is 0.701. The van der Waals surface area contributed by atoms with E-state index in [0.29, 0.717) is 6.04 Å². The zero-order valence-corrected chi connectivity index (χ0v) is 13.9. The lowest BCUT2D eigenvalue weighted by Gasteiger charge is -2.44. The molecule has 1 spiro atoms. The molecule has 118 valence electrons. The van der Waals surface area contributed by atoms with Gasteiger partial charge < -0.3 is 10.2 Å². The summed E-state index contributed by atoms with van der Waals surface area (Å²) in [6.45, 7) is 9.72. The molecule has 1 heterocycles. The van der Waals surface area contributed by atoms with Gasteiger partial charge in [0.2, 0.25) is 0 Å². The molecular weight excluding hydrogens is 244 g/mol. The molecular formula is C18H36N2. The number of nitrogens with zero attached hydrogens (tertiary/aromatic N) is 1. The van der Waals surface area contributed by atoms with Gasteiger partial charge in [-0.1, -0.05) is 32.6 Å². The standard InChI is InChI=1S/C18H36N2/c1-3-19-17(2)9-5-8-14-20-15-12-18(13-16-20)10-6-4-7-11-18/h17,19H,3-16H2,1-2H3. The van der Waals surface area contributed by atoms with Gasteiger partial charge in [-0.05, 0) is 77.0 Å². The maximum absolute atomic E-state index is 3.51. The molecule has 0 bridgehead atoms. The van der Waals surface area contributed by atoms with E-state index in [-0.39, 0.29) is 0 Å². The fourth-order valence-corrected chi connectivity index (χ4v) is 4.29. The van der Waals surface area contributed by atoms with Crippen molar-refractivity contribution in [2.75, 3.05) is 26.2 Å². The third-order valence-electron chi connectivity index (χ3n) is 5.75. The van der Waals surface area contributed by atoms with Crippen LogP contribution in [0.1, 0.15) is 78.1 Å². The van der Waals surface area contributed by atoms with Crippen molar-refractivity contribution in [3.05, 3.63) is 0 Å². The monoisotopic (exact) mass is 280 g/mol. The average molecular weight is 280 g/mol. The summed E-state index contributed by atoms with van der Waals surface area (Å²) in [5.74, 6) is 0. The summed E-state index contributed by atoms with van der Waals surface area (Å²) in [6.07, 6.45) is 14.6. The van der Waals surface area contributed by atoms with Gasteiger partial charge in [-0.25, -0.2) is 0 Å². The second-order valence-electron chi connectivity index (χ2n) is 7.36. The number of rotatable bonds is 7. The summed E-state index contributed by atoms with van der Waals surface area (Å²) >= 11 is 0. The Morgan fingerprint density at radius 2 is 1.70 bits per heavy atom. The van der Waals surface area contributed by atoms with Gasteiger partial charge in [-0.3, -0.25) is 0 Å². The number of piperidine rings is 1. The van der Waals surface area contributed by atoms with Crippen molar-refractivity contribution >= 4 is 0 Å². The van der Waals surface area contributed by atoms with E-state index >= 15 is 0 Å². The first kappa shape index (κ1) is 16.3. The molecule has 1 unspecified atom stereocenters. The molecule has 2 aliphatic rings. The van der Waals surface area contributed by atoms with Crippen LogP contribution in [0, 0.1) is 5.41 Å².